The van der Waals surface area contributed by atoms with Crippen LogP contribution in [0, 0.1) is 12.8 Å². The molecule has 1 aromatic carbocycles. The van der Waals surface area contributed by atoms with Gasteiger partial charge in [0.15, 0.2) is 11.2 Å². The van der Waals surface area contributed by atoms with Crippen molar-refractivity contribution in [2.75, 3.05) is 18.6 Å². The SMILES string of the molecule is C/C=C/Cn1c(=O)c2c(nc3n2C[C@H](C)CN3c2cc(C)ccc2OC)n(C)c1=O. The van der Waals surface area contributed by atoms with Gasteiger partial charge in [0, 0.05) is 26.7 Å². The van der Waals surface area contributed by atoms with Crippen LogP contribution in [0.1, 0.15) is 19.4 Å². The van der Waals surface area contributed by atoms with Gasteiger partial charge in [-0.15, -0.1) is 0 Å². The van der Waals surface area contributed by atoms with Crippen LogP contribution < -0.4 is 20.9 Å². The van der Waals surface area contributed by atoms with E-state index in [2.05, 4.69) is 17.9 Å². The second-order valence-electron chi connectivity index (χ2n) is 7.91. The summed E-state index contributed by atoms with van der Waals surface area (Å²) >= 11 is 0. The highest BCUT2D eigenvalue weighted by Crippen LogP contribution is 2.38. The Kier molecular flexibility index (Phi) is 5.01. The number of fused-ring (bicyclic) bond motifs is 3. The molecule has 0 saturated heterocycles. The number of aromatic nitrogens is 4. The second-order valence-corrected chi connectivity index (χ2v) is 7.91. The van der Waals surface area contributed by atoms with E-state index in [0.29, 0.717) is 23.7 Å². The van der Waals surface area contributed by atoms with Crippen molar-refractivity contribution in [3.05, 3.63) is 56.8 Å². The molecular formula is C22H27N5O3. The van der Waals surface area contributed by atoms with Crippen LogP contribution >= 0.6 is 0 Å². The van der Waals surface area contributed by atoms with Gasteiger partial charge in [-0.25, -0.2) is 4.79 Å². The fraction of sp³-hybridized carbons (Fsp3) is 0.409. The van der Waals surface area contributed by atoms with Crippen LogP contribution in [0.15, 0.2) is 39.9 Å². The molecule has 1 aliphatic rings. The molecule has 0 saturated carbocycles. The van der Waals surface area contributed by atoms with Gasteiger partial charge in [0.25, 0.3) is 5.56 Å². The first-order chi connectivity index (χ1) is 14.4. The number of aryl methyl sites for hydroxylation is 2. The molecule has 158 valence electrons. The van der Waals surface area contributed by atoms with E-state index in [0.717, 1.165) is 23.5 Å². The van der Waals surface area contributed by atoms with E-state index in [1.54, 1.807) is 20.2 Å². The minimum absolute atomic E-state index is 0.240. The molecule has 0 spiro atoms. The van der Waals surface area contributed by atoms with E-state index < -0.39 is 0 Å². The number of methoxy groups -OCH3 is 1. The summed E-state index contributed by atoms with van der Waals surface area (Å²) in [4.78, 5) is 32.9. The summed E-state index contributed by atoms with van der Waals surface area (Å²) in [5, 5.41) is 0. The summed E-state index contributed by atoms with van der Waals surface area (Å²) in [6.07, 6.45) is 3.63. The van der Waals surface area contributed by atoms with Crippen LogP contribution in [0.4, 0.5) is 11.6 Å². The Morgan fingerprint density at radius 1 is 1.27 bits per heavy atom. The zero-order valence-electron chi connectivity index (χ0n) is 18.0. The highest BCUT2D eigenvalue weighted by atomic mass is 16.5. The van der Waals surface area contributed by atoms with E-state index >= 15 is 0 Å². The van der Waals surface area contributed by atoms with Crippen LogP contribution in [0.3, 0.4) is 0 Å². The van der Waals surface area contributed by atoms with Gasteiger partial charge in [-0.2, -0.15) is 4.98 Å². The van der Waals surface area contributed by atoms with Crippen molar-refractivity contribution in [2.24, 2.45) is 13.0 Å². The number of hydrogen-bond acceptors (Lipinski definition) is 5. The third-order valence-electron chi connectivity index (χ3n) is 5.59. The normalized spacial score (nSPS) is 16.4. The fourth-order valence-electron chi connectivity index (χ4n) is 4.09. The molecule has 0 unspecified atom stereocenters. The number of ether oxygens (including phenoxy) is 1. The molecule has 0 aliphatic carbocycles. The molecule has 30 heavy (non-hydrogen) atoms. The molecule has 0 fully saturated rings. The van der Waals surface area contributed by atoms with Crippen LogP contribution in [0.25, 0.3) is 11.2 Å². The lowest BCUT2D eigenvalue weighted by molar-refractivity contribution is 0.409. The van der Waals surface area contributed by atoms with E-state index in [4.69, 9.17) is 9.72 Å². The van der Waals surface area contributed by atoms with Crippen LogP contribution in [-0.2, 0) is 20.1 Å². The zero-order valence-corrected chi connectivity index (χ0v) is 18.0. The molecule has 3 aromatic rings. The van der Waals surface area contributed by atoms with Crippen LogP contribution in [0.2, 0.25) is 0 Å². The van der Waals surface area contributed by atoms with Gasteiger partial charge in [-0.1, -0.05) is 25.1 Å². The maximum absolute atomic E-state index is 13.3. The van der Waals surface area contributed by atoms with Gasteiger partial charge in [-0.3, -0.25) is 13.9 Å². The Morgan fingerprint density at radius 2 is 2.03 bits per heavy atom. The Balaban J connectivity index is 2.02. The molecule has 1 aliphatic heterocycles. The molecule has 4 rings (SSSR count). The average Bonchev–Trinajstić information content (AvgIpc) is 3.11. The van der Waals surface area contributed by atoms with Crippen molar-refractivity contribution in [1.29, 1.82) is 0 Å². The smallest absolute Gasteiger partial charge is 0.332 e. The van der Waals surface area contributed by atoms with Crippen molar-refractivity contribution >= 4 is 22.8 Å². The zero-order chi connectivity index (χ0) is 21.6. The van der Waals surface area contributed by atoms with Gasteiger partial charge in [0.05, 0.1) is 12.8 Å². The molecule has 1 atom stereocenters. The number of anilines is 2. The van der Waals surface area contributed by atoms with Crippen LogP contribution in [-0.4, -0.2) is 32.3 Å². The average molecular weight is 409 g/mol. The summed E-state index contributed by atoms with van der Waals surface area (Å²) in [6.45, 7) is 7.68. The molecule has 8 nitrogen and oxygen atoms in total. The van der Waals surface area contributed by atoms with Gasteiger partial charge < -0.3 is 14.2 Å². The molecular weight excluding hydrogens is 382 g/mol. The van der Waals surface area contributed by atoms with E-state index in [1.165, 1.54) is 9.13 Å². The van der Waals surface area contributed by atoms with Crippen molar-refractivity contribution in [2.45, 2.75) is 33.9 Å². The standard InChI is InChI=1S/C22H27N5O3/c1-6-7-10-25-20(28)18-19(24(4)22(25)29)23-21-26(12-15(3)13-27(18)21)16-11-14(2)8-9-17(16)30-5/h6-9,11,15H,10,12-13H2,1-5H3/b7-6+/t15-/m1/s1. The lowest BCUT2D eigenvalue weighted by Gasteiger charge is -2.33. The van der Waals surface area contributed by atoms with Crippen molar-refractivity contribution in [1.82, 2.24) is 18.7 Å². The van der Waals surface area contributed by atoms with Gasteiger partial charge in [0.2, 0.25) is 5.95 Å². The number of nitrogens with zero attached hydrogens (tertiary/aromatic N) is 5. The summed E-state index contributed by atoms with van der Waals surface area (Å²) in [6, 6.07) is 6.00. The van der Waals surface area contributed by atoms with E-state index in [1.807, 2.05) is 36.6 Å². The first kappa shape index (κ1) is 20.0. The molecule has 0 N–H and O–H groups in total. The highest BCUT2D eigenvalue weighted by molar-refractivity contribution is 5.78. The predicted molar refractivity (Wildman–Crippen MR) is 118 cm³/mol. The second kappa shape index (κ2) is 7.51. The third kappa shape index (κ3) is 3.03. The minimum Gasteiger partial charge on any atom is -0.495 e. The Labute approximate surface area is 174 Å². The Morgan fingerprint density at radius 3 is 2.73 bits per heavy atom. The molecule has 2 aromatic heterocycles. The monoisotopic (exact) mass is 409 g/mol. The molecule has 0 radical (unpaired) electrons. The van der Waals surface area contributed by atoms with E-state index in [9.17, 15) is 9.59 Å². The van der Waals surface area contributed by atoms with E-state index in [-0.39, 0.29) is 23.7 Å². The minimum atomic E-state index is -0.367. The van der Waals surface area contributed by atoms with Crippen molar-refractivity contribution < 1.29 is 4.74 Å². The lowest BCUT2D eigenvalue weighted by Crippen LogP contribution is -2.40. The largest absolute Gasteiger partial charge is 0.495 e. The number of allylic oxidation sites excluding steroid dienone is 2. The number of rotatable bonds is 4. The predicted octanol–water partition coefficient (Wildman–Crippen LogP) is 2.58. The molecule has 0 amide bonds. The molecule has 0 bridgehead atoms. The Bertz CT molecular complexity index is 1260. The van der Waals surface area contributed by atoms with Crippen molar-refractivity contribution in [3.63, 3.8) is 0 Å². The maximum atomic E-state index is 13.3. The lowest BCUT2D eigenvalue weighted by atomic mass is 10.1. The first-order valence-corrected chi connectivity index (χ1v) is 10.1. The summed E-state index contributed by atoms with van der Waals surface area (Å²) in [5.74, 6) is 1.68. The van der Waals surface area contributed by atoms with Gasteiger partial charge >= 0.3 is 5.69 Å². The number of hydrogen-bond donors (Lipinski definition) is 0. The first-order valence-electron chi connectivity index (χ1n) is 10.1. The number of benzene rings is 1. The highest BCUT2D eigenvalue weighted by Gasteiger charge is 2.31. The number of imidazole rings is 1. The molecule has 8 heteroatoms. The van der Waals surface area contributed by atoms with Gasteiger partial charge in [0.1, 0.15) is 5.75 Å². The maximum Gasteiger partial charge on any atom is 0.332 e. The summed E-state index contributed by atoms with van der Waals surface area (Å²) in [5.41, 5.74) is 2.19. The Hall–Kier alpha value is -3.29. The van der Waals surface area contributed by atoms with Crippen molar-refractivity contribution in [3.8, 4) is 5.75 Å². The summed E-state index contributed by atoms with van der Waals surface area (Å²) in [7, 11) is 3.31. The summed E-state index contributed by atoms with van der Waals surface area (Å²) < 4.78 is 10.3. The third-order valence-corrected chi connectivity index (χ3v) is 5.59. The van der Waals surface area contributed by atoms with Gasteiger partial charge in [-0.05, 0) is 37.5 Å². The molecule has 3 heterocycles. The fourth-order valence-corrected chi connectivity index (χ4v) is 4.09. The topological polar surface area (TPSA) is 74.3 Å². The van der Waals surface area contributed by atoms with Crippen LogP contribution in [0.5, 0.6) is 5.75 Å². The quantitative estimate of drug-likeness (QED) is 0.619.